The van der Waals surface area contributed by atoms with Gasteiger partial charge in [-0.05, 0) is 35.2 Å². The van der Waals surface area contributed by atoms with Crippen molar-refractivity contribution in [2.75, 3.05) is 0 Å². The molecule has 0 atom stereocenters. The Morgan fingerprint density at radius 1 is 1.42 bits per heavy atom. The average molecular weight is 342 g/mol. The van der Waals surface area contributed by atoms with Crippen molar-refractivity contribution in [1.29, 1.82) is 0 Å². The van der Waals surface area contributed by atoms with Gasteiger partial charge >= 0.3 is 0 Å². The van der Waals surface area contributed by atoms with E-state index >= 15 is 0 Å². The molecule has 2 aromatic rings. The molecule has 1 N–H and O–H groups in total. The molecule has 4 nitrogen and oxygen atoms in total. The van der Waals surface area contributed by atoms with Crippen molar-refractivity contribution in [2.24, 2.45) is 5.92 Å². The van der Waals surface area contributed by atoms with Crippen LogP contribution in [0.1, 0.15) is 36.1 Å². The Balaban J connectivity index is 2.31. The molecule has 0 aliphatic heterocycles. The maximum Gasteiger partial charge on any atom is 0.265 e. The molecule has 102 valence electrons. The predicted molar refractivity (Wildman–Crippen MR) is 80.8 cm³/mol. The van der Waals surface area contributed by atoms with Crippen molar-refractivity contribution >= 4 is 27.3 Å². The van der Waals surface area contributed by atoms with Crippen molar-refractivity contribution in [3.8, 4) is 0 Å². The van der Waals surface area contributed by atoms with E-state index in [4.69, 9.17) is 0 Å². The second kappa shape index (κ2) is 5.96. The zero-order valence-electron chi connectivity index (χ0n) is 11.2. The van der Waals surface area contributed by atoms with E-state index in [9.17, 15) is 4.79 Å². The van der Waals surface area contributed by atoms with Gasteiger partial charge in [-0.15, -0.1) is 11.3 Å². The molecule has 0 fully saturated rings. The third kappa shape index (κ3) is 3.73. The monoisotopic (exact) mass is 341 g/mol. The van der Waals surface area contributed by atoms with E-state index in [1.54, 1.807) is 11.3 Å². The highest BCUT2D eigenvalue weighted by Crippen LogP contribution is 2.15. The number of aromatic nitrogens is 3. The van der Waals surface area contributed by atoms with Crippen LogP contribution in [0.15, 0.2) is 14.6 Å². The molecule has 6 heteroatoms. The summed E-state index contributed by atoms with van der Waals surface area (Å²) in [6.45, 7) is 6.19. The van der Waals surface area contributed by atoms with Gasteiger partial charge in [0.15, 0.2) is 0 Å². The summed E-state index contributed by atoms with van der Waals surface area (Å²) in [4.78, 5) is 23.6. The van der Waals surface area contributed by atoms with Gasteiger partial charge in [-0.1, -0.05) is 13.8 Å². The van der Waals surface area contributed by atoms with Crippen LogP contribution < -0.4 is 5.56 Å². The van der Waals surface area contributed by atoms with Crippen molar-refractivity contribution in [3.63, 3.8) is 0 Å². The lowest BCUT2D eigenvalue weighted by molar-refractivity contribution is 0.627. The molecule has 0 saturated heterocycles. The summed E-state index contributed by atoms with van der Waals surface area (Å²) in [5.41, 5.74) is 1.65. The molecule has 0 bridgehead atoms. The van der Waals surface area contributed by atoms with E-state index in [1.165, 1.54) is 0 Å². The summed E-state index contributed by atoms with van der Waals surface area (Å²) in [6, 6.07) is 0. The van der Waals surface area contributed by atoms with Crippen LogP contribution in [0.2, 0.25) is 0 Å². The van der Waals surface area contributed by atoms with Crippen LogP contribution in [0.3, 0.4) is 0 Å². The molecule has 0 spiro atoms. The molecular formula is C13H16BrN3OS. The highest BCUT2D eigenvalue weighted by Gasteiger charge is 2.11. The fourth-order valence-electron chi connectivity index (χ4n) is 1.82. The predicted octanol–water partition coefficient (Wildman–Crippen LogP) is 3.09. The zero-order chi connectivity index (χ0) is 14.0. The summed E-state index contributed by atoms with van der Waals surface area (Å²) in [5.74, 6) is 1.13. The highest BCUT2D eigenvalue weighted by atomic mass is 79.9. The largest absolute Gasteiger partial charge is 0.309 e. The van der Waals surface area contributed by atoms with Crippen molar-refractivity contribution in [2.45, 2.75) is 33.6 Å². The minimum absolute atomic E-state index is 0.118. The molecule has 2 rings (SSSR count). The zero-order valence-corrected chi connectivity index (χ0v) is 13.6. The molecule has 0 amide bonds. The molecule has 0 radical (unpaired) electrons. The summed E-state index contributed by atoms with van der Waals surface area (Å²) in [6.07, 6.45) is 1.35. The van der Waals surface area contributed by atoms with E-state index in [0.717, 1.165) is 22.8 Å². The van der Waals surface area contributed by atoms with E-state index in [-0.39, 0.29) is 5.56 Å². The van der Waals surface area contributed by atoms with E-state index in [1.807, 2.05) is 12.3 Å². The van der Waals surface area contributed by atoms with E-state index in [0.29, 0.717) is 22.6 Å². The summed E-state index contributed by atoms with van der Waals surface area (Å²) in [5, 5.41) is 3.02. The Hall–Kier alpha value is -1.01. The number of nitrogens with zero attached hydrogens (tertiary/aromatic N) is 2. The number of hydrogen-bond acceptors (Lipinski definition) is 4. The number of nitrogens with one attached hydrogen (secondary N) is 1. The Bertz CT molecular complexity index is 633. The van der Waals surface area contributed by atoms with Crippen molar-refractivity contribution < 1.29 is 0 Å². The van der Waals surface area contributed by atoms with Crippen LogP contribution in [-0.2, 0) is 12.8 Å². The quantitative estimate of drug-likeness (QED) is 0.929. The Kier molecular flexibility index (Phi) is 4.52. The SMILES string of the molecule is Cc1nc(Cc2nc(CC(C)C)c(Br)c(=O)[nH]2)cs1. The number of halogens is 1. The molecule has 0 saturated carbocycles. The van der Waals surface area contributed by atoms with E-state index in [2.05, 4.69) is 44.7 Å². The number of rotatable bonds is 4. The lowest BCUT2D eigenvalue weighted by Crippen LogP contribution is -2.17. The van der Waals surface area contributed by atoms with Crippen molar-refractivity contribution in [1.82, 2.24) is 15.0 Å². The smallest absolute Gasteiger partial charge is 0.265 e. The summed E-state index contributed by atoms with van der Waals surface area (Å²) < 4.78 is 0.541. The first-order valence-electron chi connectivity index (χ1n) is 6.14. The van der Waals surface area contributed by atoms with Gasteiger partial charge in [0.25, 0.3) is 5.56 Å². The summed E-state index contributed by atoms with van der Waals surface area (Å²) >= 11 is 4.92. The van der Waals surface area contributed by atoms with Crippen LogP contribution >= 0.6 is 27.3 Å². The third-order valence-electron chi connectivity index (χ3n) is 2.60. The topological polar surface area (TPSA) is 58.6 Å². The van der Waals surface area contributed by atoms with Gasteiger partial charge in [0.1, 0.15) is 10.3 Å². The van der Waals surface area contributed by atoms with Gasteiger partial charge in [-0.25, -0.2) is 9.97 Å². The second-order valence-electron chi connectivity index (χ2n) is 4.91. The van der Waals surface area contributed by atoms with Crippen LogP contribution in [0.25, 0.3) is 0 Å². The number of aromatic amines is 1. The van der Waals surface area contributed by atoms with Crippen LogP contribution in [0.5, 0.6) is 0 Å². The lowest BCUT2D eigenvalue weighted by Gasteiger charge is -2.08. The first-order valence-corrected chi connectivity index (χ1v) is 7.81. The highest BCUT2D eigenvalue weighted by molar-refractivity contribution is 9.10. The Morgan fingerprint density at radius 2 is 2.16 bits per heavy atom. The van der Waals surface area contributed by atoms with E-state index < -0.39 is 0 Å². The Morgan fingerprint density at radius 3 is 2.74 bits per heavy atom. The molecule has 2 heterocycles. The van der Waals surface area contributed by atoms with Gasteiger partial charge in [0.05, 0.1) is 16.4 Å². The standard InChI is InChI=1S/C13H16BrN3OS/c1-7(2)4-10-12(14)13(18)17-11(16-10)5-9-6-19-8(3)15-9/h6-7H,4-5H2,1-3H3,(H,16,17,18). The average Bonchev–Trinajstić information content (AvgIpc) is 2.70. The molecule has 0 aliphatic carbocycles. The third-order valence-corrected chi connectivity index (χ3v) is 4.24. The Labute approximate surface area is 124 Å². The first kappa shape index (κ1) is 14.4. The van der Waals surface area contributed by atoms with Gasteiger partial charge in [0.2, 0.25) is 0 Å². The van der Waals surface area contributed by atoms with Crippen LogP contribution in [0, 0.1) is 12.8 Å². The number of hydrogen-bond donors (Lipinski definition) is 1. The number of H-pyrrole nitrogens is 1. The fourth-order valence-corrected chi connectivity index (χ4v) is 2.79. The lowest BCUT2D eigenvalue weighted by atomic mass is 10.1. The minimum Gasteiger partial charge on any atom is -0.309 e. The number of thiazole rings is 1. The fraction of sp³-hybridized carbons (Fsp3) is 0.462. The summed E-state index contributed by atoms with van der Waals surface area (Å²) in [7, 11) is 0. The first-order chi connectivity index (χ1) is 8.95. The minimum atomic E-state index is -0.118. The molecule has 0 aromatic carbocycles. The number of aryl methyl sites for hydroxylation is 1. The van der Waals surface area contributed by atoms with Crippen molar-refractivity contribution in [3.05, 3.63) is 42.4 Å². The molecule has 0 aliphatic rings. The van der Waals surface area contributed by atoms with Crippen LogP contribution in [-0.4, -0.2) is 15.0 Å². The maximum absolute atomic E-state index is 11.9. The van der Waals surface area contributed by atoms with Gasteiger partial charge in [0, 0.05) is 11.8 Å². The normalized spacial score (nSPS) is 11.2. The van der Waals surface area contributed by atoms with Crippen LogP contribution in [0.4, 0.5) is 0 Å². The second-order valence-corrected chi connectivity index (χ2v) is 6.76. The molecular weight excluding hydrogens is 326 g/mol. The van der Waals surface area contributed by atoms with Gasteiger partial charge < -0.3 is 4.98 Å². The maximum atomic E-state index is 11.9. The molecule has 2 aromatic heterocycles. The molecule has 0 unspecified atom stereocenters. The van der Waals surface area contributed by atoms with Gasteiger partial charge in [-0.2, -0.15) is 0 Å². The van der Waals surface area contributed by atoms with Gasteiger partial charge in [-0.3, -0.25) is 4.79 Å². The molecule has 19 heavy (non-hydrogen) atoms.